The van der Waals surface area contributed by atoms with Crippen LogP contribution in [0.4, 0.5) is 0 Å². The molecule has 0 fully saturated rings. The van der Waals surface area contributed by atoms with Gasteiger partial charge in [0.2, 0.25) is 0 Å². The average molecular weight is 402 g/mol. The van der Waals surface area contributed by atoms with Crippen LogP contribution < -0.4 is 5.32 Å². The van der Waals surface area contributed by atoms with E-state index in [1.807, 2.05) is 0 Å². The van der Waals surface area contributed by atoms with Crippen molar-refractivity contribution in [3.8, 4) is 0 Å². The lowest BCUT2D eigenvalue weighted by atomic mass is 10.1. The van der Waals surface area contributed by atoms with Gasteiger partial charge in [-0.3, -0.25) is 0 Å². The first-order chi connectivity index (χ1) is 12.8. The van der Waals surface area contributed by atoms with Gasteiger partial charge < -0.3 is 19.5 Å². The quantitative estimate of drug-likeness (QED) is 0.269. The minimum atomic E-state index is -0.853. The van der Waals surface area contributed by atoms with E-state index >= 15 is 0 Å². The van der Waals surface area contributed by atoms with Crippen molar-refractivity contribution in [1.82, 2.24) is 5.32 Å². The molecular formula is C22H40ClNO3. The maximum atomic E-state index is 5.31. The molecule has 0 amide bonds. The van der Waals surface area contributed by atoms with E-state index in [0.29, 0.717) is 0 Å². The van der Waals surface area contributed by atoms with Crippen LogP contribution in [0.25, 0.3) is 0 Å². The fraction of sp³-hybridized carbons (Fsp3) is 0.727. The van der Waals surface area contributed by atoms with Crippen LogP contribution in [0.15, 0.2) is 30.3 Å². The van der Waals surface area contributed by atoms with E-state index in [1.54, 1.807) is 21.3 Å². The molecule has 1 aromatic carbocycles. The van der Waals surface area contributed by atoms with E-state index in [4.69, 9.17) is 14.2 Å². The summed E-state index contributed by atoms with van der Waals surface area (Å²) in [5.41, 5.74) is 1.37. The summed E-state index contributed by atoms with van der Waals surface area (Å²) in [6.07, 6.45) is 12.3. The summed E-state index contributed by atoms with van der Waals surface area (Å²) >= 11 is 0. The maximum absolute atomic E-state index is 5.31. The first-order valence-corrected chi connectivity index (χ1v) is 10.2. The Kier molecular flexibility index (Phi) is 17.0. The summed E-state index contributed by atoms with van der Waals surface area (Å²) in [5, 5.41) is 3.52. The molecule has 27 heavy (non-hydrogen) atoms. The van der Waals surface area contributed by atoms with Gasteiger partial charge in [0, 0.05) is 34.3 Å². The third-order valence-corrected chi connectivity index (χ3v) is 4.94. The average Bonchev–Trinajstić information content (AvgIpc) is 2.70. The molecule has 1 aromatic rings. The van der Waals surface area contributed by atoms with E-state index < -0.39 is 5.97 Å². The lowest BCUT2D eigenvalue weighted by molar-refractivity contribution is -0.355. The molecule has 0 atom stereocenters. The van der Waals surface area contributed by atoms with Gasteiger partial charge in [0.25, 0.3) is 5.97 Å². The highest BCUT2D eigenvalue weighted by molar-refractivity contribution is 5.85. The number of nitrogens with one attached hydrogen (secondary N) is 1. The Bertz CT molecular complexity index is 419. The number of hydrogen-bond acceptors (Lipinski definition) is 4. The van der Waals surface area contributed by atoms with Crippen molar-refractivity contribution in [2.45, 2.75) is 76.7 Å². The molecule has 0 aliphatic rings. The number of ether oxygens (including phenoxy) is 3. The summed E-state index contributed by atoms with van der Waals surface area (Å²) in [4.78, 5) is 0. The standard InChI is InChI=1S/C22H39NO3.ClH/c1-24-22(25-2,26-3)18-14-9-7-5-4-6-8-10-15-19-23-20-21-16-12-11-13-17-21;/h11-13,16-17,23H,4-10,14-15,18-20H2,1-3H3;1H. The van der Waals surface area contributed by atoms with Crippen LogP contribution in [0, 0.1) is 0 Å². The van der Waals surface area contributed by atoms with Crippen LogP contribution in [0.3, 0.4) is 0 Å². The van der Waals surface area contributed by atoms with Crippen LogP contribution in [0.1, 0.15) is 69.8 Å². The molecule has 158 valence electrons. The zero-order chi connectivity index (χ0) is 18.9. The third-order valence-electron chi connectivity index (χ3n) is 4.94. The van der Waals surface area contributed by atoms with Gasteiger partial charge in [-0.1, -0.05) is 75.3 Å². The molecule has 5 heteroatoms. The highest BCUT2D eigenvalue weighted by Crippen LogP contribution is 2.21. The monoisotopic (exact) mass is 401 g/mol. The maximum Gasteiger partial charge on any atom is 0.282 e. The Morgan fingerprint density at radius 2 is 1.19 bits per heavy atom. The Morgan fingerprint density at radius 3 is 1.70 bits per heavy atom. The number of halogens is 1. The smallest absolute Gasteiger partial charge is 0.282 e. The minimum Gasteiger partial charge on any atom is -0.331 e. The van der Waals surface area contributed by atoms with Gasteiger partial charge in [-0.05, 0) is 24.9 Å². The first-order valence-electron chi connectivity index (χ1n) is 10.2. The Labute approximate surface area is 172 Å². The molecule has 0 saturated carbocycles. The van der Waals surface area contributed by atoms with Crippen molar-refractivity contribution >= 4 is 12.4 Å². The predicted octanol–water partition coefficient (Wildman–Crippen LogP) is 5.69. The van der Waals surface area contributed by atoms with Gasteiger partial charge in [0.1, 0.15) is 0 Å². The molecular weight excluding hydrogens is 362 g/mol. The molecule has 1 N–H and O–H groups in total. The van der Waals surface area contributed by atoms with Gasteiger partial charge in [0.05, 0.1) is 0 Å². The summed E-state index contributed by atoms with van der Waals surface area (Å²) in [7, 11) is 4.89. The molecule has 4 nitrogen and oxygen atoms in total. The largest absolute Gasteiger partial charge is 0.331 e. The molecule has 0 aromatic heterocycles. The topological polar surface area (TPSA) is 39.7 Å². The fourth-order valence-electron chi connectivity index (χ4n) is 3.21. The SMILES string of the molecule is COC(CCCCCCCCCCCNCc1ccccc1)(OC)OC.Cl. The van der Waals surface area contributed by atoms with Gasteiger partial charge >= 0.3 is 0 Å². The second kappa shape index (κ2) is 17.4. The number of rotatable bonds is 17. The molecule has 0 radical (unpaired) electrons. The number of benzene rings is 1. The molecule has 0 saturated heterocycles. The molecule has 0 aliphatic carbocycles. The van der Waals surface area contributed by atoms with E-state index in [1.165, 1.54) is 56.9 Å². The summed E-state index contributed by atoms with van der Waals surface area (Å²) in [5.74, 6) is -0.853. The Hall–Kier alpha value is -0.650. The number of unbranched alkanes of at least 4 members (excludes halogenated alkanes) is 8. The van der Waals surface area contributed by atoms with Crippen molar-refractivity contribution in [2.24, 2.45) is 0 Å². The molecule has 0 unspecified atom stereocenters. The highest BCUT2D eigenvalue weighted by Gasteiger charge is 2.28. The highest BCUT2D eigenvalue weighted by atomic mass is 35.5. The molecule has 0 bridgehead atoms. The van der Waals surface area contributed by atoms with E-state index in [9.17, 15) is 0 Å². The zero-order valence-corrected chi connectivity index (χ0v) is 18.3. The van der Waals surface area contributed by atoms with E-state index in [0.717, 1.165) is 25.9 Å². The van der Waals surface area contributed by atoms with E-state index in [2.05, 4.69) is 35.6 Å². The second-order valence-corrected chi connectivity index (χ2v) is 6.89. The Balaban J connectivity index is 0.00000676. The zero-order valence-electron chi connectivity index (χ0n) is 17.5. The normalized spacial score (nSPS) is 11.4. The van der Waals surface area contributed by atoms with Crippen LogP contribution in [-0.4, -0.2) is 33.8 Å². The summed E-state index contributed by atoms with van der Waals surface area (Å²) < 4.78 is 15.9. The van der Waals surface area contributed by atoms with Crippen LogP contribution in [0.2, 0.25) is 0 Å². The lowest BCUT2D eigenvalue weighted by Crippen LogP contribution is -2.35. The first kappa shape index (κ1) is 26.4. The third kappa shape index (κ3) is 12.4. The van der Waals surface area contributed by atoms with Crippen LogP contribution >= 0.6 is 12.4 Å². The Morgan fingerprint density at radius 1 is 0.704 bits per heavy atom. The van der Waals surface area contributed by atoms with Gasteiger partial charge in [-0.25, -0.2) is 0 Å². The minimum absolute atomic E-state index is 0. The van der Waals surface area contributed by atoms with Crippen molar-refractivity contribution in [3.63, 3.8) is 0 Å². The number of methoxy groups -OCH3 is 3. The van der Waals surface area contributed by atoms with Crippen LogP contribution in [-0.2, 0) is 20.8 Å². The van der Waals surface area contributed by atoms with Gasteiger partial charge in [-0.15, -0.1) is 12.4 Å². The van der Waals surface area contributed by atoms with Crippen molar-refractivity contribution < 1.29 is 14.2 Å². The second-order valence-electron chi connectivity index (χ2n) is 6.89. The van der Waals surface area contributed by atoms with Gasteiger partial charge in [-0.2, -0.15) is 0 Å². The van der Waals surface area contributed by atoms with Crippen molar-refractivity contribution in [2.75, 3.05) is 27.9 Å². The molecule has 0 spiro atoms. The lowest BCUT2D eigenvalue weighted by Gasteiger charge is -2.28. The fourth-order valence-corrected chi connectivity index (χ4v) is 3.21. The predicted molar refractivity (Wildman–Crippen MR) is 115 cm³/mol. The molecule has 1 rings (SSSR count). The van der Waals surface area contributed by atoms with Gasteiger partial charge in [0.15, 0.2) is 0 Å². The molecule has 0 aliphatic heterocycles. The van der Waals surface area contributed by atoms with Crippen molar-refractivity contribution in [3.05, 3.63) is 35.9 Å². The summed E-state index contributed by atoms with van der Waals surface area (Å²) in [6.45, 7) is 2.10. The van der Waals surface area contributed by atoms with Crippen molar-refractivity contribution in [1.29, 1.82) is 0 Å². The molecule has 0 heterocycles. The van der Waals surface area contributed by atoms with E-state index in [-0.39, 0.29) is 12.4 Å². The number of hydrogen-bond donors (Lipinski definition) is 1. The summed E-state index contributed by atoms with van der Waals surface area (Å²) in [6, 6.07) is 10.6. The van der Waals surface area contributed by atoms with Crippen LogP contribution in [0.5, 0.6) is 0 Å².